The Hall–Kier alpha value is -1.58. The predicted molar refractivity (Wildman–Crippen MR) is 66.4 cm³/mol. The Balaban J connectivity index is 3.17. The van der Waals surface area contributed by atoms with Gasteiger partial charge >= 0.3 is 5.97 Å². The van der Waals surface area contributed by atoms with Crippen molar-refractivity contribution in [2.24, 2.45) is 0 Å². The molecule has 1 aromatic rings. The second-order valence-corrected chi connectivity index (χ2v) is 4.38. The molecule has 0 aliphatic carbocycles. The first kappa shape index (κ1) is 13.5. The van der Waals surface area contributed by atoms with Crippen molar-refractivity contribution in [3.8, 4) is 0 Å². The number of aryl methyl sites for hydroxylation is 2. The molecule has 0 aliphatic heterocycles. The van der Waals surface area contributed by atoms with Crippen LogP contribution in [0.1, 0.15) is 43.6 Å². The predicted octanol–water partition coefficient (Wildman–Crippen LogP) is 2.28. The van der Waals surface area contributed by atoms with E-state index in [0.29, 0.717) is 0 Å². The van der Waals surface area contributed by atoms with Crippen LogP contribution in [0, 0.1) is 13.8 Å². The van der Waals surface area contributed by atoms with Crippen LogP contribution in [0.25, 0.3) is 0 Å². The first-order chi connectivity index (χ1) is 7.95. The minimum absolute atomic E-state index is 0.0261. The van der Waals surface area contributed by atoms with Crippen LogP contribution in [0.3, 0.4) is 0 Å². The van der Waals surface area contributed by atoms with E-state index < -0.39 is 5.97 Å². The van der Waals surface area contributed by atoms with Gasteiger partial charge in [0.15, 0.2) is 5.43 Å². The smallest absolute Gasteiger partial charge is 0.305 e. The molecular formula is C13H19NO3. The van der Waals surface area contributed by atoms with Gasteiger partial charge in [0.25, 0.3) is 0 Å². The minimum Gasteiger partial charge on any atom is -0.481 e. The highest BCUT2D eigenvalue weighted by Gasteiger charge is 2.16. The summed E-state index contributed by atoms with van der Waals surface area (Å²) in [7, 11) is 0. The molecule has 1 rings (SSSR count). The lowest BCUT2D eigenvalue weighted by molar-refractivity contribution is -0.138. The summed E-state index contributed by atoms with van der Waals surface area (Å²) >= 11 is 0. The molecule has 0 bridgehead atoms. The van der Waals surface area contributed by atoms with Gasteiger partial charge in [-0.2, -0.15) is 0 Å². The standard InChI is InChI=1S/C13H19NO3/c1-4-5-11(8-13(16)17)14-9(2)6-12(15)7-10(14)3/h6-7,11H,4-5,8H2,1-3H3,(H,16,17). The molecule has 0 saturated carbocycles. The first-order valence-electron chi connectivity index (χ1n) is 5.87. The number of carbonyl (C=O) groups is 1. The molecule has 0 amide bonds. The fourth-order valence-corrected chi connectivity index (χ4v) is 2.30. The molecule has 1 aromatic heterocycles. The lowest BCUT2D eigenvalue weighted by Crippen LogP contribution is -2.20. The number of hydrogen-bond donors (Lipinski definition) is 1. The first-order valence-corrected chi connectivity index (χ1v) is 5.87. The van der Waals surface area contributed by atoms with Crippen molar-refractivity contribution in [1.82, 2.24) is 4.57 Å². The van der Waals surface area contributed by atoms with Gasteiger partial charge in [0, 0.05) is 29.6 Å². The molecule has 0 fully saturated rings. The second kappa shape index (κ2) is 5.66. The SMILES string of the molecule is CCCC(CC(=O)O)n1c(C)cc(=O)cc1C. The zero-order chi connectivity index (χ0) is 13.0. The number of aromatic nitrogens is 1. The monoisotopic (exact) mass is 237 g/mol. The van der Waals surface area contributed by atoms with Crippen LogP contribution >= 0.6 is 0 Å². The normalized spacial score (nSPS) is 12.4. The number of rotatable bonds is 5. The summed E-state index contributed by atoms with van der Waals surface area (Å²) < 4.78 is 1.96. The van der Waals surface area contributed by atoms with Crippen LogP contribution in [-0.4, -0.2) is 15.6 Å². The molecule has 94 valence electrons. The van der Waals surface area contributed by atoms with E-state index in [1.165, 1.54) is 0 Å². The van der Waals surface area contributed by atoms with Crippen LogP contribution < -0.4 is 5.43 Å². The quantitative estimate of drug-likeness (QED) is 0.854. The largest absolute Gasteiger partial charge is 0.481 e. The highest BCUT2D eigenvalue weighted by Crippen LogP contribution is 2.21. The molecule has 0 radical (unpaired) electrons. The van der Waals surface area contributed by atoms with Crippen molar-refractivity contribution in [2.75, 3.05) is 0 Å². The number of hydrogen-bond acceptors (Lipinski definition) is 2. The average molecular weight is 237 g/mol. The van der Waals surface area contributed by atoms with Crippen LogP contribution in [0.5, 0.6) is 0 Å². The molecule has 0 aliphatic rings. The lowest BCUT2D eigenvalue weighted by atomic mass is 10.1. The third-order valence-electron chi connectivity index (χ3n) is 2.86. The van der Waals surface area contributed by atoms with Gasteiger partial charge in [-0.15, -0.1) is 0 Å². The van der Waals surface area contributed by atoms with E-state index >= 15 is 0 Å². The molecule has 17 heavy (non-hydrogen) atoms. The van der Waals surface area contributed by atoms with Crippen molar-refractivity contribution in [2.45, 2.75) is 46.1 Å². The minimum atomic E-state index is -0.805. The molecule has 1 heterocycles. The highest BCUT2D eigenvalue weighted by atomic mass is 16.4. The summed E-state index contributed by atoms with van der Waals surface area (Å²) in [5.41, 5.74) is 1.63. The van der Waals surface area contributed by atoms with Gasteiger partial charge in [0.2, 0.25) is 0 Å². The topological polar surface area (TPSA) is 59.3 Å². The Morgan fingerprint density at radius 2 is 1.88 bits per heavy atom. The maximum Gasteiger partial charge on any atom is 0.305 e. The van der Waals surface area contributed by atoms with Gasteiger partial charge < -0.3 is 9.67 Å². The maximum atomic E-state index is 11.3. The summed E-state index contributed by atoms with van der Waals surface area (Å²) in [6, 6.07) is 3.03. The Morgan fingerprint density at radius 3 is 2.29 bits per heavy atom. The zero-order valence-electron chi connectivity index (χ0n) is 10.6. The molecule has 0 saturated heterocycles. The van der Waals surface area contributed by atoms with Gasteiger partial charge in [-0.25, -0.2) is 0 Å². The van der Waals surface area contributed by atoms with Crippen molar-refractivity contribution < 1.29 is 9.90 Å². The number of nitrogens with zero attached hydrogens (tertiary/aromatic N) is 1. The average Bonchev–Trinajstić information content (AvgIpc) is 2.14. The second-order valence-electron chi connectivity index (χ2n) is 4.38. The molecule has 4 heteroatoms. The summed E-state index contributed by atoms with van der Waals surface area (Å²) in [5, 5.41) is 8.93. The number of carboxylic acid groups (broad SMARTS) is 1. The van der Waals surface area contributed by atoms with E-state index in [4.69, 9.17) is 5.11 Å². The van der Waals surface area contributed by atoms with E-state index in [0.717, 1.165) is 24.2 Å². The summed E-state index contributed by atoms with van der Waals surface area (Å²) in [6.45, 7) is 5.72. The highest BCUT2D eigenvalue weighted by molar-refractivity contribution is 5.67. The third-order valence-corrected chi connectivity index (χ3v) is 2.86. The van der Waals surface area contributed by atoms with Gasteiger partial charge in [0.1, 0.15) is 0 Å². The van der Waals surface area contributed by atoms with Gasteiger partial charge in [-0.3, -0.25) is 9.59 Å². The molecular weight excluding hydrogens is 218 g/mol. The molecule has 1 N–H and O–H groups in total. The van der Waals surface area contributed by atoms with Crippen molar-refractivity contribution >= 4 is 5.97 Å². The molecule has 4 nitrogen and oxygen atoms in total. The zero-order valence-corrected chi connectivity index (χ0v) is 10.6. The Morgan fingerprint density at radius 1 is 1.35 bits per heavy atom. The fourth-order valence-electron chi connectivity index (χ4n) is 2.30. The van der Waals surface area contributed by atoms with Gasteiger partial charge in [-0.1, -0.05) is 13.3 Å². The summed E-state index contributed by atoms with van der Waals surface area (Å²) in [5.74, 6) is -0.805. The van der Waals surface area contributed by atoms with Crippen molar-refractivity contribution in [3.63, 3.8) is 0 Å². The van der Waals surface area contributed by atoms with E-state index in [9.17, 15) is 9.59 Å². The number of carboxylic acids is 1. The van der Waals surface area contributed by atoms with E-state index in [-0.39, 0.29) is 17.9 Å². The van der Waals surface area contributed by atoms with Crippen molar-refractivity contribution in [1.29, 1.82) is 0 Å². The third kappa shape index (κ3) is 3.44. The van der Waals surface area contributed by atoms with Gasteiger partial charge in [0.05, 0.1) is 6.42 Å². The molecule has 1 unspecified atom stereocenters. The van der Waals surface area contributed by atoms with Gasteiger partial charge in [-0.05, 0) is 20.3 Å². The van der Waals surface area contributed by atoms with Crippen LogP contribution in [-0.2, 0) is 4.79 Å². The summed E-state index contributed by atoms with van der Waals surface area (Å²) in [4.78, 5) is 22.2. The Bertz CT molecular complexity index is 436. The fraction of sp³-hybridized carbons (Fsp3) is 0.538. The van der Waals surface area contributed by atoms with Crippen LogP contribution in [0.4, 0.5) is 0 Å². The Kier molecular flexibility index (Phi) is 4.49. The van der Waals surface area contributed by atoms with E-state index in [2.05, 4.69) is 0 Å². The van der Waals surface area contributed by atoms with E-state index in [1.54, 1.807) is 12.1 Å². The summed E-state index contributed by atoms with van der Waals surface area (Å²) in [6.07, 6.45) is 1.82. The maximum absolute atomic E-state index is 11.3. The molecule has 0 spiro atoms. The lowest BCUT2D eigenvalue weighted by Gasteiger charge is -2.23. The number of aliphatic carboxylic acids is 1. The van der Waals surface area contributed by atoms with Crippen molar-refractivity contribution in [3.05, 3.63) is 33.7 Å². The number of pyridine rings is 1. The van der Waals surface area contributed by atoms with Crippen LogP contribution in [0.2, 0.25) is 0 Å². The molecule has 1 atom stereocenters. The van der Waals surface area contributed by atoms with Crippen LogP contribution in [0.15, 0.2) is 16.9 Å². The van der Waals surface area contributed by atoms with E-state index in [1.807, 2.05) is 25.3 Å². The Labute approximate surface area is 101 Å². The molecule has 0 aromatic carbocycles.